The lowest BCUT2D eigenvalue weighted by Crippen LogP contribution is -2.46. The number of likely N-dealkylation sites (tertiary alicyclic amines) is 1. The van der Waals surface area contributed by atoms with Crippen LogP contribution in [0.3, 0.4) is 0 Å². The van der Waals surface area contributed by atoms with E-state index in [2.05, 4.69) is 11.8 Å². The largest absolute Gasteiger partial charge is 0.390 e. The van der Waals surface area contributed by atoms with Gasteiger partial charge in [-0.2, -0.15) is 0 Å². The lowest BCUT2D eigenvalue weighted by atomic mass is 9.86. The molecule has 1 N–H and O–H groups in total. The molecule has 0 aliphatic carbocycles. The topological polar surface area (TPSA) is 40.5 Å². The van der Waals surface area contributed by atoms with Crippen molar-refractivity contribution in [3.63, 3.8) is 0 Å². The minimum atomic E-state index is -0.500. The van der Waals surface area contributed by atoms with Crippen molar-refractivity contribution < 1.29 is 9.90 Å². The molecule has 0 aromatic rings. The van der Waals surface area contributed by atoms with Gasteiger partial charge in [0.25, 0.3) is 0 Å². The van der Waals surface area contributed by atoms with Crippen LogP contribution in [0.5, 0.6) is 0 Å². The Morgan fingerprint density at radius 2 is 2.00 bits per heavy atom. The van der Waals surface area contributed by atoms with Crippen molar-refractivity contribution in [3.8, 4) is 0 Å². The highest BCUT2D eigenvalue weighted by Gasteiger charge is 2.31. The highest BCUT2D eigenvalue weighted by Crippen LogP contribution is 2.25. The number of hydrogen-bond acceptors (Lipinski definition) is 3. The third-order valence-electron chi connectivity index (χ3n) is 3.61. The minimum absolute atomic E-state index is 0.219. The number of rotatable bonds is 4. The summed E-state index contributed by atoms with van der Waals surface area (Å²) >= 11 is 0. The Morgan fingerprint density at radius 1 is 1.47 bits per heavy atom. The first kappa shape index (κ1) is 12.7. The second-order valence-electron chi connectivity index (χ2n) is 5.40. The maximum Gasteiger partial charge on any atom is 0.127 e. The van der Waals surface area contributed by atoms with E-state index in [0.717, 1.165) is 45.2 Å². The molecule has 0 saturated carbocycles. The predicted molar refractivity (Wildman–Crippen MR) is 60.8 cm³/mol. The maximum absolute atomic E-state index is 11.0. The van der Waals surface area contributed by atoms with Gasteiger partial charge < -0.3 is 14.8 Å². The van der Waals surface area contributed by atoms with Gasteiger partial charge in [-0.25, -0.2) is 0 Å². The van der Waals surface area contributed by atoms with Gasteiger partial charge in [-0.1, -0.05) is 13.8 Å². The highest BCUT2D eigenvalue weighted by atomic mass is 16.3. The van der Waals surface area contributed by atoms with E-state index in [1.165, 1.54) is 0 Å². The lowest BCUT2D eigenvalue weighted by molar-refractivity contribution is -0.117. The molecule has 1 rings (SSSR count). The summed E-state index contributed by atoms with van der Waals surface area (Å²) < 4.78 is 0. The second-order valence-corrected chi connectivity index (χ2v) is 5.40. The fraction of sp³-hybridized carbons (Fsp3) is 0.917. The quantitative estimate of drug-likeness (QED) is 0.719. The van der Waals surface area contributed by atoms with Crippen LogP contribution in [0.25, 0.3) is 0 Å². The van der Waals surface area contributed by atoms with Gasteiger partial charge in [0.2, 0.25) is 0 Å². The molecule has 3 heteroatoms. The van der Waals surface area contributed by atoms with Gasteiger partial charge in [0.1, 0.15) is 6.29 Å². The lowest BCUT2D eigenvalue weighted by Gasteiger charge is -2.38. The van der Waals surface area contributed by atoms with Crippen LogP contribution < -0.4 is 0 Å². The van der Waals surface area contributed by atoms with Crippen molar-refractivity contribution in [2.45, 2.75) is 45.6 Å². The Kier molecular flexibility index (Phi) is 3.90. The number of nitrogens with zero attached hydrogens (tertiary/aromatic N) is 1. The molecule has 1 aliphatic rings. The predicted octanol–water partition coefficient (Wildman–Crippen LogP) is 1.45. The van der Waals surface area contributed by atoms with Crippen LogP contribution in [0.2, 0.25) is 0 Å². The zero-order valence-electron chi connectivity index (χ0n) is 10.1. The van der Waals surface area contributed by atoms with Gasteiger partial charge in [-0.05, 0) is 26.2 Å². The zero-order chi connectivity index (χ0) is 11.5. The number of piperidine rings is 1. The molecule has 88 valence electrons. The van der Waals surface area contributed by atoms with E-state index in [4.69, 9.17) is 0 Å². The van der Waals surface area contributed by atoms with Crippen molar-refractivity contribution in [1.29, 1.82) is 0 Å². The van der Waals surface area contributed by atoms with E-state index in [1.807, 2.05) is 13.8 Å². The molecule has 1 atom stereocenters. The Bertz CT molecular complexity index is 218. The van der Waals surface area contributed by atoms with Gasteiger partial charge in [-0.3, -0.25) is 0 Å². The summed E-state index contributed by atoms with van der Waals surface area (Å²) in [5.74, 6) is 0. The van der Waals surface area contributed by atoms with E-state index < -0.39 is 5.60 Å². The fourth-order valence-electron chi connectivity index (χ4n) is 1.94. The standard InChI is InChI=1S/C12H23NO2/c1-4-11(2,10-14)9-13-7-5-12(3,15)6-8-13/h10,15H,4-9H2,1-3H3. The molecule has 15 heavy (non-hydrogen) atoms. The molecule has 0 radical (unpaired) electrons. The highest BCUT2D eigenvalue weighted by molar-refractivity contribution is 5.58. The van der Waals surface area contributed by atoms with E-state index in [9.17, 15) is 9.90 Å². The van der Waals surface area contributed by atoms with Crippen LogP contribution in [0.4, 0.5) is 0 Å². The normalized spacial score (nSPS) is 25.9. The van der Waals surface area contributed by atoms with Crippen molar-refractivity contribution >= 4 is 6.29 Å². The number of hydrogen-bond donors (Lipinski definition) is 1. The average Bonchev–Trinajstić information content (AvgIpc) is 2.21. The zero-order valence-corrected chi connectivity index (χ0v) is 10.1. The summed E-state index contributed by atoms with van der Waals surface area (Å²) in [6.45, 7) is 8.57. The Morgan fingerprint density at radius 3 is 2.40 bits per heavy atom. The molecule has 1 saturated heterocycles. The van der Waals surface area contributed by atoms with Crippen molar-refractivity contribution in [2.24, 2.45) is 5.41 Å². The summed E-state index contributed by atoms with van der Waals surface area (Å²) in [5, 5.41) is 9.81. The summed E-state index contributed by atoms with van der Waals surface area (Å²) in [6.07, 6.45) is 3.57. The first-order valence-electron chi connectivity index (χ1n) is 5.82. The molecule has 1 fully saturated rings. The number of aliphatic hydroxyl groups is 1. The monoisotopic (exact) mass is 213 g/mol. The van der Waals surface area contributed by atoms with E-state index in [-0.39, 0.29) is 5.41 Å². The first-order valence-corrected chi connectivity index (χ1v) is 5.82. The fourth-order valence-corrected chi connectivity index (χ4v) is 1.94. The third-order valence-corrected chi connectivity index (χ3v) is 3.61. The Labute approximate surface area is 92.5 Å². The van der Waals surface area contributed by atoms with E-state index in [1.54, 1.807) is 0 Å². The van der Waals surface area contributed by atoms with Gasteiger partial charge >= 0.3 is 0 Å². The van der Waals surface area contributed by atoms with Gasteiger partial charge in [0.15, 0.2) is 0 Å². The third kappa shape index (κ3) is 3.58. The summed E-state index contributed by atoms with van der Waals surface area (Å²) in [6, 6.07) is 0. The SMILES string of the molecule is CCC(C)(C=O)CN1CCC(C)(O)CC1. The van der Waals surface area contributed by atoms with Gasteiger partial charge in [0.05, 0.1) is 5.60 Å². The maximum atomic E-state index is 11.0. The number of carbonyl (C=O) groups excluding carboxylic acids is 1. The molecule has 0 bridgehead atoms. The molecule has 0 aromatic carbocycles. The van der Waals surface area contributed by atoms with E-state index in [0.29, 0.717) is 0 Å². The van der Waals surface area contributed by atoms with Crippen LogP contribution in [0.1, 0.15) is 40.0 Å². The summed E-state index contributed by atoms with van der Waals surface area (Å²) in [5.41, 5.74) is -0.719. The van der Waals surface area contributed by atoms with Crippen molar-refractivity contribution in [1.82, 2.24) is 4.90 Å². The average molecular weight is 213 g/mol. The molecule has 0 aromatic heterocycles. The summed E-state index contributed by atoms with van der Waals surface area (Å²) in [4.78, 5) is 13.3. The molecule has 1 aliphatic heterocycles. The van der Waals surface area contributed by atoms with Crippen LogP contribution >= 0.6 is 0 Å². The van der Waals surface area contributed by atoms with Crippen LogP contribution in [0, 0.1) is 5.41 Å². The van der Waals surface area contributed by atoms with Crippen molar-refractivity contribution in [3.05, 3.63) is 0 Å². The number of carbonyl (C=O) groups is 1. The minimum Gasteiger partial charge on any atom is -0.390 e. The van der Waals surface area contributed by atoms with Crippen LogP contribution in [-0.4, -0.2) is 41.5 Å². The summed E-state index contributed by atoms with van der Waals surface area (Å²) in [7, 11) is 0. The molecule has 1 unspecified atom stereocenters. The first-order chi connectivity index (χ1) is 6.91. The van der Waals surface area contributed by atoms with E-state index >= 15 is 0 Å². The molecule has 3 nitrogen and oxygen atoms in total. The number of aldehydes is 1. The molecular formula is C12H23NO2. The molecule has 0 spiro atoms. The van der Waals surface area contributed by atoms with Crippen molar-refractivity contribution in [2.75, 3.05) is 19.6 Å². The van der Waals surface area contributed by atoms with Gasteiger partial charge in [0, 0.05) is 25.0 Å². The van der Waals surface area contributed by atoms with Crippen LogP contribution in [-0.2, 0) is 4.79 Å². The molecule has 0 amide bonds. The molecular weight excluding hydrogens is 190 g/mol. The van der Waals surface area contributed by atoms with Crippen LogP contribution in [0.15, 0.2) is 0 Å². The Balaban J connectivity index is 2.45. The Hall–Kier alpha value is -0.410. The molecule has 1 heterocycles. The second kappa shape index (κ2) is 4.62. The van der Waals surface area contributed by atoms with Gasteiger partial charge in [-0.15, -0.1) is 0 Å². The smallest absolute Gasteiger partial charge is 0.127 e.